The monoisotopic (exact) mass is 282 g/mol. The molecule has 3 atom stereocenters. The number of carbonyl (C=O) groups is 2. The van der Waals surface area contributed by atoms with Gasteiger partial charge in [0, 0.05) is 6.42 Å². The number of ketones is 1. The van der Waals surface area contributed by atoms with E-state index in [2.05, 4.69) is 6.92 Å². The van der Waals surface area contributed by atoms with Crippen molar-refractivity contribution in [3.63, 3.8) is 0 Å². The van der Waals surface area contributed by atoms with Crippen LogP contribution in [0.3, 0.4) is 0 Å². The lowest BCUT2D eigenvalue weighted by Crippen LogP contribution is -2.54. The van der Waals surface area contributed by atoms with Crippen LogP contribution in [-0.2, 0) is 19.1 Å². The SMILES string of the molecule is CCOC(=O)C1(C2CCCC(CC)C2)COCCC1=O. The molecule has 2 rings (SSSR count). The van der Waals surface area contributed by atoms with E-state index in [1.807, 2.05) is 0 Å². The van der Waals surface area contributed by atoms with Gasteiger partial charge in [-0.05, 0) is 31.6 Å². The highest BCUT2D eigenvalue weighted by Gasteiger charge is 2.55. The molecule has 2 aliphatic rings. The summed E-state index contributed by atoms with van der Waals surface area (Å²) in [7, 11) is 0. The van der Waals surface area contributed by atoms with Gasteiger partial charge in [-0.2, -0.15) is 0 Å². The molecule has 0 N–H and O–H groups in total. The lowest BCUT2D eigenvalue weighted by molar-refractivity contribution is -0.176. The first-order chi connectivity index (χ1) is 9.65. The fourth-order valence-electron chi connectivity index (χ4n) is 3.76. The van der Waals surface area contributed by atoms with Gasteiger partial charge in [0.15, 0.2) is 11.2 Å². The highest BCUT2D eigenvalue weighted by molar-refractivity contribution is 6.04. The summed E-state index contributed by atoms with van der Waals surface area (Å²) in [4.78, 5) is 25.0. The van der Waals surface area contributed by atoms with Gasteiger partial charge in [-0.1, -0.05) is 26.2 Å². The molecule has 3 unspecified atom stereocenters. The van der Waals surface area contributed by atoms with Gasteiger partial charge >= 0.3 is 5.97 Å². The minimum atomic E-state index is -1.03. The molecule has 1 saturated heterocycles. The summed E-state index contributed by atoms with van der Waals surface area (Å²) in [5.74, 6) is 0.387. The lowest BCUT2D eigenvalue weighted by atomic mass is 9.63. The topological polar surface area (TPSA) is 52.6 Å². The first-order valence-corrected chi connectivity index (χ1v) is 7.93. The molecule has 1 heterocycles. The smallest absolute Gasteiger partial charge is 0.322 e. The minimum absolute atomic E-state index is 0.0314. The summed E-state index contributed by atoms with van der Waals surface area (Å²) in [5, 5.41) is 0. The van der Waals surface area contributed by atoms with Crippen molar-refractivity contribution < 1.29 is 19.1 Å². The summed E-state index contributed by atoms with van der Waals surface area (Å²) in [6, 6.07) is 0. The summed E-state index contributed by atoms with van der Waals surface area (Å²) in [5.41, 5.74) is -1.03. The van der Waals surface area contributed by atoms with Gasteiger partial charge < -0.3 is 9.47 Å². The molecule has 20 heavy (non-hydrogen) atoms. The van der Waals surface area contributed by atoms with Gasteiger partial charge in [-0.3, -0.25) is 9.59 Å². The van der Waals surface area contributed by atoms with E-state index in [-0.39, 0.29) is 24.3 Å². The predicted molar refractivity (Wildman–Crippen MR) is 75.2 cm³/mol. The molecule has 0 aromatic carbocycles. The number of ether oxygens (including phenoxy) is 2. The fraction of sp³-hybridized carbons (Fsp3) is 0.875. The van der Waals surface area contributed by atoms with Crippen molar-refractivity contribution in [2.24, 2.45) is 17.3 Å². The molecule has 0 amide bonds. The molecule has 1 aliphatic carbocycles. The van der Waals surface area contributed by atoms with Gasteiger partial charge in [-0.25, -0.2) is 0 Å². The van der Waals surface area contributed by atoms with Crippen molar-refractivity contribution >= 4 is 11.8 Å². The maximum absolute atomic E-state index is 12.5. The molecule has 2 fully saturated rings. The van der Waals surface area contributed by atoms with Crippen molar-refractivity contribution in [1.29, 1.82) is 0 Å². The zero-order valence-electron chi connectivity index (χ0n) is 12.7. The first-order valence-electron chi connectivity index (χ1n) is 7.93. The average Bonchev–Trinajstić information content (AvgIpc) is 2.48. The van der Waals surface area contributed by atoms with Crippen LogP contribution in [0.5, 0.6) is 0 Å². The molecule has 1 saturated carbocycles. The highest BCUT2D eigenvalue weighted by atomic mass is 16.5. The second-order valence-electron chi connectivity index (χ2n) is 6.06. The van der Waals surface area contributed by atoms with E-state index in [4.69, 9.17) is 9.47 Å². The molecular weight excluding hydrogens is 256 g/mol. The largest absolute Gasteiger partial charge is 0.465 e. The Hall–Kier alpha value is -0.900. The lowest BCUT2D eigenvalue weighted by Gasteiger charge is -2.43. The summed E-state index contributed by atoms with van der Waals surface area (Å²) in [6.07, 6.45) is 5.64. The third kappa shape index (κ3) is 2.76. The van der Waals surface area contributed by atoms with Crippen LogP contribution >= 0.6 is 0 Å². The quantitative estimate of drug-likeness (QED) is 0.587. The van der Waals surface area contributed by atoms with Gasteiger partial charge in [0.05, 0.1) is 19.8 Å². The molecule has 0 aromatic heterocycles. The molecule has 0 aromatic rings. The van der Waals surface area contributed by atoms with E-state index < -0.39 is 5.41 Å². The zero-order valence-corrected chi connectivity index (χ0v) is 12.7. The van der Waals surface area contributed by atoms with Crippen LogP contribution in [0.4, 0.5) is 0 Å². The van der Waals surface area contributed by atoms with E-state index in [1.165, 1.54) is 6.42 Å². The molecular formula is C16H26O4. The highest BCUT2D eigenvalue weighted by Crippen LogP contribution is 2.45. The van der Waals surface area contributed by atoms with Gasteiger partial charge in [0.25, 0.3) is 0 Å². The normalized spacial score (nSPS) is 34.8. The molecule has 0 radical (unpaired) electrons. The van der Waals surface area contributed by atoms with Crippen LogP contribution in [0.2, 0.25) is 0 Å². The minimum Gasteiger partial charge on any atom is -0.465 e. The maximum atomic E-state index is 12.5. The van der Waals surface area contributed by atoms with Crippen molar-refractivity contribution in [2.75, 3.05) is 19.8 Å². The van der Waals surface area contributed by atoms with E-state index in [0.29, 0.717) is 25.6 Å². The van der Waals surface area contributed by atoms with Gasteiger partial charge in [-0.15, -0.1) is 0 Å². The third-order valence-electron chi connectivity index (χ3n) is 5.00. The van der Waals surface area contributed by atoms with Crippen LogP contribution in [0.15, 0.2) is 0 Å². The van der Waals surface area contributed by atoms with E-state index >= 15 is 0 Å². The van der Waals surface area contributed by atoms with Crippen molar-refractivity contribution in [2.45, 2.75) is 52.4 Å². The van der Waals surface area contributed by atoms with E-state index in [0.717, 1.165) is 25.7 Å². The summed E-state index contributed by atoms with van der Waals surface area (Å²) < 4.78 is 10.8. The summed E-state index contributed by atoms with van der Waals surface area (Å²) in [6.45, 7) is 4.94. The number of rotatable bonds is 4. The number of hydrogen-bond donors (Lipinski definition) is 0. The molecule has 114 valence electrons. The Kier molecular flexibility index (Phi) is 5.19. The Morgan fingerprint density at radius 2 is 2.20 bits per heavy atom. The summed E-state index contributed by atoms with van der Waals surface area (Å²) >= 11 is 0. The van der Waals surface area contributed by atoms with Crippen LogP contribution in [0.1, 0.15) is 52.4 Å². The predicted octanol–water partition coefficient (Wildman–Crippen LogP) is 2.74. The number of carbonyl (C=O) groups excluding carboxylic acids is 2. The Morgan fingerprint density at radius 1 is 1.40 bits per heavy atom. The van der Waals surface area contributed by atoms with Crippen molar-refractivity contribution in [1.82, 2.24) is 0 Å². The van der Waals surface area contributed by atoms with Gasteiger partial charge in [0.1, 0.15) is 0 Å². The first kappa shape index (κ1) is 15.5. The molecule has 1 aliphatic heterocycles. The Labute approximate surface area is 121 Å². The number of hydrogen-bond acceptors (Lipinski definition) is 4. The Morgan fingerprint density at radius 3 is 2.85 bits per heavy atom. The Bertz CT molecular complexity index is 365. The standard InChI is InChI=1S/C16H26O4/c1-3-12-6-5-7-13(10-12)16(15(18)20-4-2)11-19-9-8-14(16)17/h12-13H,3-11H2,1-2H3. The van der Waals surface area contributed by atoms with Crippen LogP contribution in [0.25, 0.3) is 0 Å². The maximum Gasteiger partial charge on any atom is 0.322 e. The van der Waals surface area contributed by atoms with Crippen LogP contribution in [-0.4, -0.2) is 31.6 Å². The van der Waals surface area contributed by atoms with E-state index in [9.17, 15) is 9.59 Å². The molecule has 4 nitrogen and oxygen atoms in total. The third-order valence-corrected chi connectivity index (χ3v) is 5.00. The van der Waals surface area contributed by atoms with E-state index in [1.54, 1.807) is 6.92 Å². The molecule has 0 spiro atoms. The Balaban J connectivity index is 2.25. The fourth-order valence-corrected chi connectivity index (χ4v) is 3.76. The van der Waals surface area contributed by atoms with Crippen LogP contribution in [0, 0.1) is 17.3 Å². The van der Waals surface area contributed by atoms with Crippen molar-refractivity contribution in [3.05, 3.63) is 0 Å². The second-order valence-corrected chi connectivity index (χ2v) is 6.06. The molecule has 4 heteroatoms. The number of esters is 1. The molecule has 0 bridgehead atoms. The van der Waals surface area contributed by atoms with Crippen molar-refractivity contribution in [3.8, 4) is 0 Å². The van der Waals surface area contributed by atoms with Gasteiger partial charge in [0.2, 0.25) is 0 Å². The second kappa shape index (κ2) is 6.70. The number of Topliss-reactive ketones (excluding diaryl/α,β-unsaturated/α-hetero) is 1. The zero-order chi connectivity index (χ0) is 14.6. The van der Waals surface area contributed by atoms with Crippen LogP contribution < -0.4 is 0 Å². The average molecular weight is 282 g/mol.